The van der Waals surface area contributed by atoms with E-state index in [1.165, 1.54) is 6.08 Å². The summed E-state index contributed by atoms with van der Waals surface area (Å²) in [6.45, 7) is 1.96. The minimum atomic E-state index is -1.26. The van der Waals surface area contributed by atoms with Crippen LogP contribution in [0.1, 0.15) is 13.3 Å². The summed E-state index contributed by atoms with van der Waals surface area (Å²) in [4.78, 5) is 21.5. The Labute approximate surface area is 99.6 Å². The van der Waals surface area contributed by atoms with E-state index >= 15 is 0 Å². The maximum atomic E-state index is 11.1. The number of ether oxygens (including phenoxy) is 2. The summed E-state index contributed by atoms with van der Waals surface area (Å²) in [5.41, 5.74) is 0.365. The van der Waals surface area contributed by atoms with Crippen molar-refractivity contribution in [2.75, 3.05) is 13.2 Å². The monoisotopic (exact) mass is 206 g/mol. The van der Waals surface area contributed by atoms with E-state index in [0.717, 1.165) is 0 Å². The Morgan fingerprint density at radius 1 is 1.67 bits per heavy atom. The summed E-state index contributed by atoms with van der Waals surface area (Å²) in [5.74, 6) is -1.71. The van der Waals surface area contributed by atoms with E-state index in [1.807, 2.05) is 0 Å². The summed E-state index contributed by atoms with van der Waals surface area (Å²) < 4.78 is 9.62. The van der Waals surface area contributed by atoms with Gasteiger partial charge in [-0.2, -0.15) is 0 Å². The molecule has 0 saturated heterocycles. The molecule has 1 heterocycles. The number of aliphatic carboxylic acids is 1. The zero-order chi connectivity index (χ0) is 10.6. The maximum Gasteiger partial charge on any atom is 1.00 e. The number of hydrogen-bond acceptors (Lipinski definition) is 5. The second-order valence-electron chi connectivity index (χ2n) is 2.80. The molecule has 0 N–H and O–H groups in total. The van der Waals surface area contributed by atoms with Gasteiger partial charge in [-0.1, -0.05) is 6.08 Å². The maximum absolute atomic E-state index is 11.1. The van der Waals surface area contributed by atoms with Gasteiger partial charge in [-0.3, -0.25) is 0 Å². The van der Waals surface area contributed by atoms with Crippen molar-refractivity contribution in [2.45, 2.75) is 19.4 Å². The average molecular weight is 206 g/mol. The molecule has 78 valence electrons. The van der Waals surface area contributed by atoms with Crippen molar-refractivity contribution in [3.8, 4) is 0 Å². The first-order chi connectivity index (χ1) is 6.65. The molecule has 5 nitrogen and oxygen atoms in total. The summed E-state index contributed by atoms with van der Waals surface area (Å²) in [6, 6.07) is 0. The fourth-order valence-electron chi connectivity index (χ4n) is 1.10. The number of esters is 1. The van der Waals surface area contributed by atoms with Crippen LogP contribution in [0.25, 0.3) is 0 Å². The standard InChI is InChI=1S/C9H12O5.Li/c1-2-13-9(12)6-3-4-7(8(10)11)14-5-6;/h3,7H,2,4-5H2,1H3,(H,10,11);/q;+1/p-1. The van der Waals surface area contributed by atoms with Crippen LogP contribution in [0, 0.1) is 0 Å². The van der Waals surface area contributed by atoms with Gasteiger partial charge in [0.15, 0.2) is 0 Å². The molecule has 0 fully saturated rings. The molecular weight excluding hydrogens is 195 g/mol. The van der Waals surface area contributed by atoms with E-state index in [1.54, 1.807) is 6.92 Å². The van der Waals surface area contributed by atoms with Gasteiger partial charge in [-0.25, -0.2) is 4.79 Å². The number of rotatable bonds is 3. The number of carboxylic acids is 1. The predicted octanol–water partition coefficient (Wildman–Crippen LogP) is -3.98. The van der Waals surface area contributed by atoms with Crippen molar-refractivity contribution < 1.29 is 43.0 Å². The van der Waals surface area contributed by atoms with Crippen LogP contribution < -0.4 is 24.0 Å². The van der Waals surface area contributed by atoms with Crippen LogP contribution in [0.5, 0.6) is 0 Å². The van der Waals surface area contributed by atoms with Crippen molar-refractivity contribution in [2.24, 2.45) is 0 Å². The van der Waals surface area contributed by atoms with Gasteiger partial charge < -0.3 is 19.4 Å². The van der Waals surface area contributed by atoms with Crippen LogP contribution in [0.3, 0.4) is 0 Å². The van der Waals surface area contributed by atoms with Crippen molar-refractivity contribution in [1.29, 1.82) is 0 Å². The van der Waals surface area contributed by atoms with Gasteiger partial charge in [-0.05, 0) is 13.3 Å². The topological polar surface area (TPSA) is 75.7 Å². The molecule has 1 aliphatic heterocycles. The first-order valence-electron chi connectivity index (χ1n) is 4.33. The molecule has 1 aliphatic rings. The van der Waals surface area contributed by atoms with Gasteiger partial charge in [-0.15, -0.1) is 0 Å². The van der Waals surface area contributed by atoms with Crippen LogP contribution in [0.15, 0.2) is 11.6 Å². The zero-order valence-corrected chi connectivity index (χ0v) is 8.82. The van der Waals surface area contributed by atoms with E-state index in [9.17, 15) is 14.7 Å². The van der Waals surface area contributed by atoms with Crippen molar-refractivity contribution in [3.05, 3.63) is 11.6 Å². The third-order valence-corrected chi connectivity index (χ3v) is 1.82. The van der Waals surface area contributed by atoms with E-state index < -0.39 is 18.0 Å². The van der Waals surface area contributed by atoms with Gasteiger partial charge in [0.2, 0.25) is 0 Å². The Bertz CT molecular complexity index is 274. The van der Waals surface area contributed by atoms with Crippen LogP contribution >= 0.6 is 0 Å². The third kappa shape index (κ3) is 4.08. The minimum Gasteiger partial charge on any atom is -0.547 e. The van der Waals surface area contributed by atoms with Gasteiger partial charge in [0.05, 0.1) is 24.8 Å². The van der Waals surface area contributed by atoms with E-state index in [4.69, 9.17) is 9.47 Å². The van der Waals surface area contributed by atoms with Gasteiger partial charge in [0.1, 0.15) is 6.10 Å². The SMILES string of the molecule is CCOC(=O)C1=CCC(C(=O)[O-])OC1.[Li+]. The fraction of sp³-hybridized carbons (Fsp3) is 0.556. The fourth-order valence-corrected chi connectivity index (χ4v) is 1.10. The molecule has 0 aromatic heterocycles. The molecule has 0 saturated carbocycles. The van der Waals surface area contributed by atoms with Crippen LogP contribution in [-0.4, -0.2) is 31.3 Å². The Morgan fingerprint density at radius 3 is 2.73 bits per heavy atom. The first-order valence-corrected chi connectivity index (χ1v) is 4.33. The largest absolute Gasteiger partial charge is 1.00 e. The van der Waals surface area contributed by atoms with Gasteiger partial charge in [0.25, 0.3) is 0 Å². The molecule has 0 aromatic carbocycles. The molecule has 1 atom stereocenters. The van der Waals surface area contributed by atoms with Crippen LogP contribution in [-0.2, 0) is 19.1 Å². The Kier molecular flexibility index (Phi) is 6.33. The number of carbonyl (C=O) groups excluding carboxylic acids is 2. The molecule has 1 rings (SSSR count). The molecule has 0 bridgehead atoms. The second-order valence-corrected chi connectivity index (χ2v) is 2.80. The third-order valence-electron chi connectivity index (χ3n) is 1.82. The molecule has 6 heteroatoms. The summed E-state index contributed by atoms with van der Waals surface area (Å²) in [7, 11) is 0. The molecule has 1 unspecified atom stereocenters. The number of carbonyl (C=O) groups is 2. The van der Waals surface area contributed by atoms with E-state index in [-0.39, 0.29) is 31.9 Å². The van der Waals surface area contributed by atoms with Crippen LogP contribution in [0.4, 0.5) is 0 Å². The quantitative estimate of drug-likeness (QED) is 0.347. The predicted molar refractivity (Wildman–Crippen MR) is 44.1 cm³/mol. The van der Waals surface area contributed by atoms with Crippen molar-refractivity contribution in [3.63, 3.8) is 0 Å². The minimum absolute atomic E-state index is 0. The Balaban J connectivity index is 0.00000196. The summed E-state index contributed by atoms with van der Waals surface area (Å²) in [6.07, 6.45) is 0.714. The second kappa shape index (κ2) is 6.67. The van der Waals surface area contributed by atoms with E-state index in [0.29, 0.717) is 12.2 Å². The van der Waals surface area contributed by atoms with E-state index in [2.05, 4.69) is 0 Å². The molecule has 0 radical (unpaired) electrons. The zero-order valence-electron chi connectivity index (χ0n) is 8.82. The summed E-state index contributed by atoms with van der Waals surface area (Å²) >= 11 is 0. The smallest absolute Gasteiger partial charge is 0.547 e. The molecular formula is C9H11LiO5. The molecule has 0 amide bonds. The number of hydrogen-bond donors (Lipinski definition) is 0. The van der Waals surface area contributed by atoms with Crippen LogP contribution in [0.2, 0.25) is 0 Å². The molecule has 0 aliphatic carbocycles. The van der Waals surface area contributed by atoms with Crippen molar-refractivity contribution in [1.82, 2.24) is 0 Å². The average Bonchev–Trinajstić information content (AvgIpc) is 2.18. The van der Waals surface area contributed by atoms with Crippen molar-refractivity contribution >= 4 is 11.9 Å². The van der Waals surface area contributed by atoms with Gasteiger partial charge >= 0.3 is 24.8 Å². The summed E-state index contributed by atoms with van der Waals surface area (Å²) in [5, 5.41) is 10.4. The molecule has 0 aromatic rings. The normalized spacial score (nSPS) is 19.8. The molecule has 0 spiro atoms. The Morgan fingerprint density at radius 2 is 2.33 bits per heavy atom. The Hall–Kier alpha value is -0.763. The first kappa shape index (κ1) is 14.2. The molecule has 15 heavy (non-hydrogen) atoms. The van der Waals surface area contributed by atoms with Gasteiger partial charge in [0, 0.05) is 0 Å². The number of carboxylic acid groups (broad SMARTS) is 1.